The van der Waals surface area contributed by atoms with E-state index in [9.17, 15) is 4.79 Å². The number of rotatable bonds is 3. The lowest BCUT2D eigenvalue weighted by Gasteiger charge is -1.98. The van der Waals surface area contributed by atoms with Gasteiger partial charge in [0, 0.05) is 12.5 Å². The fraction of sp³-hybridized carbons (Fsp3) is 0.444. The molecule has 0 aromatic heterocycles. The standard InChI is InChI=1S/C7H9NO2.C2H3N.H3O3P/c1-6(2)7(9)10-5-3-4-8;1-2-3;1-4(2)3/h1,3,5H2,2H3;1H3;4H,(H2,1,2,3). The summed E-state index contributed by atoms with van der Waals surface area (Å²) in [6.45, 7) is 6.53. The number of esters is 1. The minimum Gasteiger partial charge on any atom is -0.461 e. The van der Waals surface area contributed by atoms with E-state index >= 15 is 0 Å². The predicted molar refractivity (Wildman–Crippen MR) is 60.7 cm³/mol. The third-order valence-electron chi connectivity index (χ3n) is 0.795. The maximum atomic E-state index is 10.6. The molecule has 17 heavy (non-hydrogen) atoms. The molecular weight excluding hydrogens is 247 g/mol. The van der Waals surface area contributed by atoms with Crippen molar-refractivity contribution < 1.29 is 23.9 Å². The molecule has 0 unspecified atom stereocenters. The average molecular weight is 262 g/mol. The lowest BCUT2D eigenvalue weighted by molar-refractivity contribution is -0.138. The Balaban J connectivity index is -0.000000232. The van der Waals surface area contributed by atoms with Crippen molar-refractivity contribution in [3.05, 3.63) is 12.2 Å². The van der Waals surface area contributed by atoms with Gasteiger partial charge in [-0.05, 0) is 6.92 Å². The molecule has 0 amide bonds. The first-order chi connectivity index (χ1) is 7.83. The van der Waals surface area contributed by atoms with Crippen molar-refractivity contribution >= 4 is 14.2 Å². The largest absolute Gasteiger partial charge is 0.461 e. The number of nitriles is 2. The Morgan fingerprint density at radius 3 is 2.06 bits per heavy atom. The third kappa shape index (κ3) is 40.5. The second-order valence-corrected chi connectivity index (χ2v) is 2.90. The monoisotopic (exact) mass is 262 g/mol. The summed E-state index contributed by atoms with van der Waals surface area (Å²) in [7, 11) is -3.13. The number of hydrogen-bond acceptors (Lipinski definition) is 5. The van der Waals surface area contributed by atoms with E-state index in [2.05, 4.69) is 11.3 Å². The summed E-state index contributed by atoms with van der Waals surface area (Å²) in [5, 5.41) is 15.4. The maximum Gasteiger partial charge on any atom is 0.333 e. The first-order valence-corrected chi connectivity index (χ1v) is 5.56. The maximum absolute atomic E-state index is 10.6. The number of carbonyl (C=O) groups excluding carboxylic acids is 1. The normalized spacial score (nSPS) is 7.24. The molecule has 0 saturated heterocycles. The zero-order valence-electron chi connectivity index (χ0n) is 9.63. The van der Waals surface area contributed by atoms with Gasteiger partial charge >= 0.3 is 14.2 Å². The average Bonchev–Trinajstić information content (AvgIpc) is 2.18. The molecule has 0 atom stereocenters. The fourth-order valence-corrected chi connectivity index (χ4v) is 0.313. The lowest BCUT2D eigenvalue weighted by Crippen LogP contribution is -2.05. The fourth-order valence-electron chi connectivity index (χ4n) is 0.313. The van der Waals surface area contributed by atoms with Crippen LogP contribution in [0.15, 0.2) is 12.2 Å². The molecule has 0 radical (unpaired) electrons. The second kappa shape index (κ2) is 16.8. The molecule has 0 aromatic carbocycles. The van der Waals surface area contributed by atoms with Crippen molar-refractivity contribution in [1.82, 2.24) is 0 Å². The highest BCUT2D eigenvalue weighted by Gasteiger charge is 2.00. The molecule has 0 fully saturated rings. The summed E-state index contributed by atoms with van der Waals surface area (Å²) in [5.74, 6) is -0.435. The highest BCUT2D eigenvalue weighted by molar-refractivity contribution is 7.30. The van der Waals surface area contributed by atoms with Gasteiger partial charge < -0.3 is 14.5 Å². The SMILES string of the molecule is C=C(C)C(=O)OCCC#N.CC#N.O=[PH](O)O. The van der Waals surface area contributed by atoms with E-state index in [0.29, 0.717) is 5.57 Å². The van der Waals surface area contributed by atoms with Crippen LogP contribution in [0.4, 0.5) is 0 Å². The van der Waals surface area contributed by atoms with Gasteiger partial charge in [-0.3, -0.25) is 4.57 Å². The van der Waals surface area contributed by atoms with Crippen molar-refractivity contribution in [1.29, 1.82) is 10.5 Å². The summed E-state index contributed by atoms with van der Waals surface area (Å²) >= 11 is 0. The van der Waals surface area contributed by atoms with Crippen molar-refractivity contribution in [3.63, 3.8) is 0 Å². The van der Waals surface area contributed by atoms with Gasteiger partial charge in [0.25, 0.3) is 0 Å². The topological polar surface area (TPSA) is 131 Å². The Hall–Kier alpha value is -1.66. The van der Waals surface area contributed by atoms with Crippen molar-refractivity contribution in [2.75, 3.05) is 6.61 Å². The summed E-state index contributed by atoms with van der Waals surface area (Å²) in [4.78, 5) is 24.9. The molecule has 0 rings (SSSR count). The number of ether oxygens (including phenoxy) is 1. The van der Waals surface area contributed by atoms with Crippen molar-refractivity contribution in [2.45, 2.75) is 20.3 Å². The molecule has 0 aliphatic carbocycles. The van der Waals surface area contributed by atoms with Gasteiger partial charge in [-0.15, -0.1) is 0 Å². The van der Waals surface area contributed by atoms with Crippen molar-refractivity contribution in [2.24, 2.45) is 0 Å². The van der Waals surface area contributed by atoms with Gasteiger partial charge in [-0.25, -0.2) is 4.79 Å². The van der Waals surface area contributed by atoms with Crippen LogP contribution in [0, 0.1) is 22.7 Å². The zero-order chi connectivity index (χ0) is 14.3. The highest BCUT2D eigenvalue weighted by atomic mass is 31.1. The van der Waals surface area contributed by atoms with E-state index in [1.165, 1.54) is 6.92 Å². The van der Waals surface area contributed by atoms with Gasteiger partial charge in [0.05, 0.1) is 18.6 Å². The summed E-state index contributed by atoms with van der Waals surface area (Å²) in [5.41, 5.74) is 0.359. The molecule has 96 valence electrons. The van der Waals surface area contributed by atoms with Crippen molar-refractivity contribution in [3.8, 4) is 12.1 Å². The zero-order valence-corrected chi connectivity index (χ0v) is 10.6. The quantitative estimate of drug-likeness (QED) is 0.334. The predicted octanol–water partition coefficient (Wildman–Crippen LogP) is 0.910. The first-order valence-electron chi connectivity index (χ1n) is 4.25. The van der Waals surface area contributed by atoms with E-state index in [4.69, 9.17) is 24.9 Å². The van der Waals surface area contributed by atoms with Crippen LogP contribution < -0.4 is 0 Å². The number of nitrogens with zero attached hydrogens (tertiary/aromatic N) is 2. The van der Waals surface area contributed by atoms with Crippen LogP contribution in [0.3, 0.4) is 0 Å². The summed E-state index contributed by atoms with van der Waals surface area (Å²) < 4.78 is 13.3. The molecular formula is C9H15N2O5P. The second-order valence-electron chi connectivity index (χ2n) is 2.33. The molecule has 2 N–H and O–H groups in total. The molecule has 0 aliphatic heterocycles. The van der Waals surface area contributed by atoms with Crippen LogP contribution in [-0.2, 0) is 14.1 Å². The van der Waals surface area contributed by atoms with Gasteiger partial charge in [0.15, 0.2) is 0 Å². The number of carbonyl (C=O) groups is 1. The van der Waals surface area contributed by atoms with Gasteiger partial charge in [-0.2, -0.15) is 10.5 Å². The van der Waals surface area contributed by atoms with E-state index in [1.54, 1.807) is 13.0 Å². The molecule has 0 heterocycles. The van der Waals surface area contributed by atoms with Gasteiger partial charge in [0.2, 0.25) is 0 Å². The highest BCUT2D eigenvalue weighted by Crippen LogP contribution is 1.98. The molecule has 7 nitrogen and oxygen atoms in total. The van der Waals surface area contributed by atoms with Gasteiger partial charge in [0.1, 0.15) is 6.61 Å². The molecule has 0 aliphatic rings. The third-order valence-corrected chi connectivity index (χ3v) is 0.795. The Bertz CT molecular complexity index is 325. The van der Waals surface area contributed by atoms with Crippen LogP contribution in [0.5, 0.6) is 0 Å². The molecule has 0 saturated carbocycles. The summed E-state index contributed by atoms with van der Waals surface area (Å²) in [6.07, 6.45) is 0.235. The van der Waals surface area contributed by atoms with Crippen LogP contribution in [0.25, 0.3) is 0 Å². The van der Waals surface area contributed by atoms with E-state index in [1.807, 2.05) is 6.07 Å². The minimum absolute atomic E-state index is 0.155. The van der Waals surface area contributed by atoms with E-state index in [0.717, 1.165) is 0 Å². The van der Waals surface area contributed by atoms with Crippen LogP contribution >= 0.6 is 8.25 Å². The van der Waals surface area contributed by atoms with Crippen LogP contribution in [0.2, 0.25) is 0 Å². The Labute approximate surface area is 101 Å². The van der Waals surface area contributed by atoms with Gasteiger partial charge in [-0.1, -0.05) is 6.58 Å². The Morgan fingerprint density at radius 2 is 1.82 bits per heavy atom. The minimum atomic E-state index is -3.13. The molecule has 0 spiro atoms. The van der Waals surface area contributed by atoms with E-state index in [-0.39, 0.29) is 13.0 Å². The summed E-state index contributed by atoms with van der Waals surface area (Å²) in [6, 6.07) is 3.61. The Morgan fingerprint density at radius 1 is 1.47 bits per heavy atom. The lowest BCUT2D eigenvalue weighted by atomic mass is 10.4. The number of hydrogen-bond donors (Lipinski definition) is 2. The smallest absolute Gasteiger partial charge is 0.333 e. The van der Waals surface area contributed by atoms with Crippen LogP contribution in [0.1, 0.15) is 20.3 Å². The van der Waals surface area contributed by atoms with Crippen LogP contribution in [-0.4, -0.2) is 22.4 Å². The molecule has 8 heteroatoms. The molecule has 0 bridgehead atoms. The van der Waals surface area contributed by atoms with E-state index < -0.39 is 14.2 Å². The molecule has 0 aromatic rings. The Kier molecular flexibility index (Phi) is 20.4. The first kappa shape index (κ1) is 20.7.